The van der Waals surface area contributed by atoms with E-state index in [4.69, 9.17) is 14.0 Å². The third kappa shape index (κ3) is 4.96. The van der Waals surface area contributed by atoms with Crippen LogP contribution in [-0.4, -0.2) is 42.8 Å². The van der Waals surface area contributed by atoms with Gasteiger partial charge in [-0.3, -0.25) is 10.1 Å². The molecule has 2 N–H and O–H groups in total. The van der Waals surface area contributed by atoms with E-state index in [0.29, 0.717) is 5.76 Å². The number of carbonyl (C=O) groups excluding carboxylic acids is 3. The van der Waals surface area contributed by atoms with Gasteiger partial charge in [0.2, 0.25) is 0 Å². The molecule has 110 valence electrons. The lowest BCUT2D eigenvalue weighted by atomic mass is 10.4. The molecular formula is C11H15N3O6. The van der Waals surface area contributed by atoms with E-state index < -0.39 is 30.6 Å². The Morgan fingerprint density at radius 2 is 2.15 bits per heavy atom. The zero-order valence-electron chi connectivity index (χ0n) is 11.3. The van der Waals surface area contributed by atoms with Crippen LogP contribution >= 0.6 is 0 Å². The van der Waals surface area contributed by atoms with E-state index in [2.05, 4.69) is 10.5 Å². The lowest BCUT2D eigenvalue weighted by Gasteiger charge is -2.12. The van der Waals surface area contributed by atoms with Crippen molar-refractivity contribution in [2.75, 3.05) is 13.7 Å². The molecule has 0 aliphatic rings. The fourth-order valence-electron chi connectivity index (χ4n) is 1.11. The van der Waals surface area contributed by atoms with Crippen molar-refractivity contribution < 1.29 is 28.4 Å². The number of ether oxygens (including phenoxy) is 2. The molecule has 1 heterocycles. The molecule has 1 aromatic rings. The van der Waals surface area contributed by atoms with Crippen molar-refractivity contribution in [1.29, 1.82) is 0 Å². The first-order valence-corrected chi connectivity index (χ1v) is 5.70. The molecule has 0 aliphatic heterocycles. The Hall–Kier alpha value is -2.58. The van der Waals surface area contributed by atoms with Crippen LogP contribution in [0.25, 0.3) is 0 Å². The normalized spacial score (nSPS) is 11.3. The highest BCUT2D eigenvalue weighted by atomic mass is 16.6. The maximum absolute atomic E-state index is 11.4. The Bertz CT molecular complexity index is 498. The summed E-state index contributed by atoms with van der Waals surface area (Å²) in [6.45, 7) is 2.57. The number of imide groups is 1. The van der Waals surface area contributed by atoms with Crippen LogP contribution < -0.4 is 15.4 Å². The van der Waals surface area contributed by atoms with Crippen molar-refractivity contribution in [2.24, 2.45) is 0 Å². The molecule has 9 heteroatoms. The zero-order valence-corrected chi connectivity index (χ0v) is 11.3. The monoisotopic (exact) mass is 285 g/mol. The van der Waals surface area contributed by atoms with Crippen LogP contribution in [0, 0.1) is 6.92 Å². The molecule has 20 heavy (non-hydrogen) atoms. The Morgan fingerprint density at radius 1 is 1.45 bits per heavy atom. The molecule has 0 saturated carbocycles. The number of carbonyl (C=O) groups is 3. The second-order valence-corrected chi connectivity index (χ2v) is 3.76. The van der Waals surface area contributed by atoms with Gasteiger partial charge in [0.05, 0.1) is 0 Å². The van der Waals surface area contributed by atoms with Crippen LogP contribution in [-0.2, 0) is 14.3 Å². The predicted octanol–water partition coefficient (Wildman–Crippen LogP) is -0.251. The number of hydrogen-bond acceptors (Lipinski definition) is 7. The number of hydrogen-bond donors (Lipinski definition) is 2. The van der Waals surface area contributed by atoms with Gasteiger partial charge >= 0.3 is 12.0 Å². The van der Waals surface area contributed by atoms with E-state index >= 15 is 0 Å². The number of aryl methyl sites for hydroxylation is 1. The molecule has 1 atom stereocenters. The van der Waals surface area contributed by atoms with Gasteiger partial charge in [0, 0.05) is 13.1 Å². The summed E-state index contributed by atoms with van der Waals surface area (Å²) in [5.74, 6) is -0.839. The maximum Gasteiger partial charge on any atom is 0.345 e. The van der Waals surface area contributed by atoms with Crippen LogP contribution in [0.5, 0.6) is 5.88 Å². The van der Waals surface area contributed by atoms with Gasteiger partial charge in [0.25, 0.3) is 11.8 Å². The molecule has 1 aromatic heterocycles. The van der Waals surface area contributed by atoms with Crippen molar-refractivity contribution in [3.05, 3.63) is 11.8 Å². The summed E-state index contributed by atoms with van der Waals surface area (Å²) in [7, 11) is 1.35. The summed E-state index contributed by atoms with van der Waals surface area (Å²) in [6, 6.07) is 0.807. The van der Waals surface area contributed by atoms with Crippen LogP contribution in [0.1, 0.15) is 12.7 Å². The number of nitrogens with one attached hydrogen (secondary N) is 2. The predicted molar refractivity (Wildman–Crippen MR) is 64.9 cm³/mol. The molecule has 0 bridgehead atoms. The third-order valence-electron chi connectivity index (χ3n) is 2.09. The minimum absolute atomic E-state index is 0.141. The highest BCUT2D eigenvalue weighted by Gasteiger charge is 2.20. The molecule has 3 amide bonds. The minimum atomic E-state index is -1.12. The topological polar surface area (TPSA) is 120 Å². The molecule has 1 rings (SSSR count). The second-order valence-electron chi connectivity index (χ2n) is 3.76. The average molecular weight is 285 g/mol. The molecule has 0 radical (unpaired) electrons. The lowest BCUT2D eigenvalue weighted by Crippen LogP contribution is -2.43. The largest absolute Gasteiger partial charge is 0.463 e. The van der Waals surface area contributed by atoms with Crippen molar-refractivity contribution in [2.45, 2.75) is 20.0 Å². The minimum Gasteiger partial charge on any atom is -0.463 e. The fraction of sp³-hybridized carbons (Fsp3) is 0.455. The van der Waals surface area contributed by atoms with E-state index in [1.807, 2.05) is 5.32 Å². The second kappa shape index (κ2) is 7.12. The molecule has 0 saturated heterocycles. The number of urea groups is 1. The van der Waals surface area contributed by atoms with Crippen molar-refractivity contribution in [1.82, 2.24) is 15.8 Å². The van der Waals surface area contributed by atoms with E-state index in [9.17, 15) is 14.4 Å². The molecule has 0 aliphatic carbocycles. The van der Waals surface area contributed by atoms with Crippen LogP contribution in [0.2, 0.25) is 0 Å². The first-order valence-electron chi connectivity index (χ1n) is 5.70. The van der Waals surface area contributed by atoms with Gasteiger partial charge in [-0.15, -0.1) is 0 Å². The number of esters is 1. The Kier molecular flexibility index (Phi) is 5.51. The highest BCUT2D eigenvalue weighted by Crippen LogP contribution is 2.09. The number of amides is 3. The van der Waals surface area contributed by atoms with Crippen molar-refractivity contribution in [3.8, 4) is 5.88 Å². The summed E-state index contributed by atoms with van der Waals surface area (Å²) in [5.41, 5.74) is 0. The summed E-state index contributed by atoms with van der Waals surface area (Å²) < 4.78 is 14.5. The number of rotatable bonds is 5. The number of aromatic nitrogens is 1. The smallest absolute Gasteiger partial charge is 0.345 e. The quantitative estimate of drug-likeness (QED) is 0.715. The molecule has 0 spiro atoms. The zero-order chi connectivity index (χ0) is 15.1. The van der Waals surface area contributed by atoms with Gasteiger partial charge < -0.3 is 19.3 Å². The van der Waals surface area contributed by atoms with Gasteiger partial charge in [-0.25, -0.2) is 9.59 Å². The lowest BCUT2D eigenvalue weighted by molar-refractivity contribution is -0.156. The summed E-state index contributed by atoms with van der Waals surface area (Å²) >= 11 is 0. The van der Waals surface area contributed by atoms with Gasteiger partial charge in [-0.2, -0.15) is 0 Å². The van der Waals surface area contributed by atoms with Gasteiger partial charge in [-0.05, 0) is 19.0 Å². The summed E-state index contributed by atoms with van der Waals surface area (Å²) in [6.07, 6.45) is -1.12. The van der Waals surface area contributed by atoms with E-state index in [0.717, 1.165) is 0 Å². The van der Waals surface area contributed by atoms with Gasteiger partial charge in [-0.1, -0.05) is 0 Å². The van der Waals surface area contributed by atoms with Gasteiger partial charge in [0.1, 0.15) is 5.76 Å². The Morgan fingerprint density at radius 3 is 2.70 bits per heavy atom. The molecular weight excluding hydrogens is 270 g/mol. The van der Waals surface area contributed by atoms with Crippen LogP contribution in [0.3, 0.4) is 0 Å². The first kappa shape index (κ1) is 15.5. The highest BCUT2D eigenvalue weighted by molar-refractivity contribution is 5.97. The molecule has 0 aromatic carbocycles. The van der Waals surface area contributed by atoms with Crippen molar-refractivity contribution >= 4 is 17.9 Å². The fourth-order valence-corrected chi connectivity index (χ4v) is 1.11. The summed E-state index contributed by atoms with van der Waals surface area (Å²) in [4.78, 5) is 33.7. The van der Waals surface area contributed by atoms with Crippen LogP contribution in [0.15, 0.2) is 10.6 Å². The van der Waals surface area contributed by atoms with Gasteiger partial charge in [0.15, 0.2) is 12.7 Å². The average Bonchev–Trinajstić information content (AvgIpc) is 2.81. The standard InChI is InChI=1S/C11H15N3O6/c1-6-4-8(14-20-6)18-5-9(15)19-7(2)10(16)13-11(17)12-3/h4,7H,5H2,1-3H3,(H2,12,13,16,17)/t7-/m0/s1. The molecule has 0 unspecified atom stereocenters. The molecule has 9 nitrogen and oxygen atoms in total. The summed E-state index contributed by atoms with van der Waals surface area (Å²) in [5, 5.41) is 7.69. The van der Waals surface area contributed by atoms with E-state index in [-0.39, 0.29) is 5.88 Å². The van der Waals surface area contributed by atoms with E-state index in [1.165, 1.54) is 20.0 Å². The van der Waals surface area contributed by atoms with Crippen LogP contribution in [0.4, 0.5) is 4.79 Å². The van der Waals surface area contributed by atoms with Crippen molar-refractivity contribution in [3.63, 3.8) is 0 Å². The third-order valence-corrected chi connectivity index (χ3v) is 2.09. The SMILES string of the molecule is CNC(=O)NC(=O)[C@H](C)OC(=O)COc1cc(C)on1. The number of nitrogens with zero attached hydrogens (tertiary/aromatic N) is 1. The Balaban J connectivity index is 2.34. The Labute approximate surface area is 114 Å². The molecule has 0 fully saturated rings. The first-order chi connectivity index (χ1) is 9.42. The maximum atomic E-state index is 11.4. The van der Waals surface area contributed by atoms with E-state index in [1.54, 1.807) is 6.92 Å².